The molecule has 66 valence electrons. The van der Waals surface area contributed by atoms with Gasteiger partial charge in [0.05, 0.1) is 0 Å². The first kappa shape index (κ1) is 10.5. The van der Waals surface area contributed by atoms with Crippen LogP contribution in [-0.4, -0.2) is 17.0 Å². The van der Waals surface area contributed by atoms with Crippen LogP contribution >= 0.6 is 0 Å². The summed E-state index contributed by atoms with van der Waals surface area (Å²) in [4.78, 5) is 2.42. The molecule has 0 fully saturated rings. The molecule has 0 amide bonds. The topological polar surface area (TPSA) is 3.24 Å². The Morgan fingerprint density at radius 2 is 1.45 bits per heavy atom. The third kappa shape index (κ3) is 2.96. The lowest BCUT2D eigenvalue weighted by Crippen LogP contribution is -2.35. The molecule has 0 radical (unpaired) electrons. The van der Waals surface area contributed by atoms with E-state index < -0.39 is 0 Å². The maximum atomic E-state index is 2.42. The second-order valence-electron chi connectivity index (χ2n) is 3.52. The zero-order valence-electron chi connectivity index (χ0n) is 8.68. The summed E-state index contributed by atoms with van der Waals surface area (Å²) in [6.07, 6.45) is 2.17. The molecule has 1 nitrogen and oxygen atoms in total. The Hall–Kier alpha value is -0.460. The quantitative estimate of drug-likeness (QED) is 0.605. The van der Waals surface area contributed by atoms with Crippen molar-refractivity contribution in [2.45, 2.75) is 53.6 Å². The predicted molar refractivity (Wildman–Crippen MR) is 51.5 cm³/mol. The van der Waals surface area contributed by atoms with E-state index >= 15 is 0 Å². The molecule has 0 rings (SSSR count). The van der Waals surface area contributed by atoms with E-state index in [9.17, 15) is 0 Å². The fraction of sp³-hybridized carbons (Fsp3) is 0.800. The Morgan fingerprint density at radius 1 is 1.09 bits per heavy atom. The van der Waals surface area contributed by atoms with Crippen LogP contribution < -0.4 is 0 Å². The van der Waals surface area contributed by atoms with Gasteiger partial charge in [-0.1, -0.05) is 6.08 Å². The minimum Gasteiger partial charge on any atom is -0.370 e. The summed E-state index contributed by atoms with van der Waals surface area (Å²) >= 11 is 0. The SMILES string of the molecule is CC=C(C)N(C(C)C)C(C)C. The summed E-state index contributed by atoms with van der Waals surface area (Å²) in [5.74, 6) is 0. The van der Waals surface area contributed by atoms with Gasteiger partial charge in [0.1, 0.15) is 0 Å². The average Bonchev–Trinajstić information content (AvgIpc) is 1.85. The van der Waals surface area contributed by atoms with Crippen molar-refractivity contribution in [2.24, 2.45) is 0 Å². The third-order valence-corrected chi connectivity index (χ3v) is 1.94. The summed E-state index contributed by atoms with van der Waals surface area (Å²) in [5, 5.41) is 0. The fourth-order valence-corrected chi connectivity index (χ4v) is 1.56. The molecule has 0 aliphatic heterocycles. The standard InChI is InChI=1S/C10H21N/c1-7-10(6)11(8(2)3)9(4)5/h7-9H,1-6H3. The molecule has 0 aromatic heterocycles. The van der Waals surface area contributed by atoms with Gasteiger partial charge in [0.2, 0.25) is 0 Å². The molecule has 0 N–H and O–H groups in total. The van der Waals surface area contributed by atoms with Crippen molar-refractivity contribution in [3.05, 3.63) is 11.8 Å². The summed E-state index contributed by atoms with van der Waals surface area (Å²) in [7, 11) is 0. The summed E-state index contributed by atoms with van der Waals surface area (Å²) < 4.78 is 0. The van der Waals surface area contributed by atoms with Crippen molar-refractivity contribution in [3.8, 4) is 0 Å². The highest BCUT2D eigenvalue weighted by Gasteiger charge is 2.11. The molecule has 11 heavy (non-hydrogen) atoms. The first-order valence-electron chi connectivity index (χ1n) is 4.42. The van der Waals surface area contributed by atoms with Gasteiger partial charge in [-0.25, -0.2) is 0 Å². The van der Waals surface area contributed by atoms with Gasteiger partial charge in [0.15, 0.2) is 0 Å². The molecular formula is C10H21N. The second kappa shape index (κ2) is 4.42. The van der Waals surface area contributed by atoms with Crippen LogP contribution in [0.25, 0.3) is 0 Å². The van der Waals surface area contributed by atoms with Crippen molar-refractivity contribution in [1.82, 2.24) is 4.90 Å². The zero-order valence-corrected chi connectivity index (χ0v) is 8.68. The summed E-state index contributed by atoms with van der Waals surface area (Å²) in [6, 6.07) is 1.21. The van der Waals surface area contributed by atoms with Crippen LogP contribution in [0.15, 0.2) is 11.8 Å². The molecule has 1 heteroatoms. The number of allylic oxidation sites excluding steroid dienone is 2. The highest BCUT2D eigenvalue weighted by atomic mass is 15.2. The van der Waals surface area contributed by atoms with E-state index in [0.717, 1.165) is 0 Å². The Labute approximate surface area is 71.1 Å². The normalized spacial score (nSPS) is 12.9. The maximum absolute atomic E-state index is 2.42. The zero-order chi connectivity index (χ0) is 9.02. The monoisotopic (exact) mass is 155 g/mol. The van der Waals surface area contributed by atoms with E-state index in [-0.39, 0.29) is 0 Å². The number of rotatable bonds is 3. The Kier molecular flexibility index (Phi) is 4.24. The van der Waals surface area contributed by atoms with Gasteiger partial charge < -0.3 is 4.90 Å². The molecule has 0 unspecified atom stereocenters. The van der Waals surface area contributed by atoms with Gasteiger partial charge in [-0.05, 0) is 41.5 Å². The summed E-state index contributed by atoms with van der Waals surface area (Å²) in [5.41, 5.74) is 1.37. The van der Waals surface area contributed by atoms with Gasteiger partial charge in [-0.15, -0.1) is 0 Å². The van der Waals surface area contributed by atoms with E-state index in [1.165, 1.54) is 5.70 Å². The van der Waals surface area contributed by atoms with E-state index in [2.05, 4.69) is 52.5 Å². The van der Waals surface area contributed by atoms with Crippen molar-refractivity contribution in [1.29, 1.82) is 0 Å². The van der Waals surface area contributed by atoms with Crippen molar-refractivity contribution < 1.29 is 0 Å². The second-order valence-corrected chi connectivity index (χ2v) is 3.52. The van der Waals surface area contributed by atoms with Gasteiger partial charge in [0, 0.05) is 17.8 Å². The van der Waals surface area contributed by atoms with Gasteiger partial charge >= 0.3 is 0 Å². The first-order chi connectivity index (χ1) is 5.00. The Morgan fingerprint density at radius 3 is 1.55 bits per heavy atom. The Bertz CT molecular complexity index is 126. The molecule has 0 aromatic carbocycles. The number of hydrogen-bond acceptors (Lipinski definition) is 1. The summed E-state index contributed by atoms with van der Waals surface area (Å²) in [6.45, 7) is 13.2. The minimum atomic E-state index is 0.603. The maximum Gasteiger partial charge on any atom is 0.0233 e. The van der Waals surface area contributed by atoms with E-state index in [1.807, 2.05) is 0 Å². The highest BCUT2D eigenvalue weighted by molar-refractivity contribution is 4.98. The highest BCUT2D eigenvalue weighted by Crippen LogP contribution is 2.12. The fourth-order valence-electron chi connectivity index (χ4n) is 1.56. The number of hydrogen-bond donors (Lipinski definition) is 0. The van der Waals surface area contributed by atoms with Gasteiger partial charge in [-0.3, -0.25) is 0 Å². The predicted octanol–water partition coefficient (Wildman–Crippen LogP) is 3.03. The van der Waals surface area contributed by atoms with Crippen LogP contribution in [0.2, 0.25) is 0 Å². The lowest BCUT2D eigenvalue weighted by molar-refractivity contribution is 0.232. The molecule has 0 aliphatic carbocycles. The molecule has 0 heterocycles. The number of nitrogens with zero attached hydrogens (tertiary/aromatic N) is 1. The van der Waals surface area contributed by atoms with Gasteiger partial charge in [0.25, 0.3) is 0 Å². The first-order valence-corrected chi connectivity index (χ1v) is 4.42. The van der Waals surface area contributed by atoms with E-state index in [1.54, 1.807) is 0 Å². The van der Waals surface area contributed by atoms with Crippen LogP contribution in [0.1, 0.15) is 41.5 Å². The largest absolute Gasteiger partial charge is 0.370 e. The molecule has 0 aromatic rings. The van der Waals surface area contributed by atoms with Crippen LogP contribution in [-0.2, 0) is 0 Å². The Balaban J connectivity index is 4.35. The molecule has 0 bridgehead atoms. The van der Waals surface area contributed by atoms with Crippen LogP contribution in [0, 0.1) is 0 Å². The van der Waals surface area contributed by atoms with Crippen LogP contribution in [0.5, 0.6) is 0 Å². The molecule has 0 aliphatic rings. The smallest absolute Gasteiger partial charge is 0.0233 e. The van der Waals surface area contributed by atoms with Gasteiger partial charge in [-0.2, -0.15) is 0 Å². The lowest BCUT2D eigenvalue weighted by Gasteiger charge is -2.33. The molecule has 0 spiro atoms. The third-order valence-electron chi connectivity index (χ3n) is 1.94. The molecular weight excluding hydrogens is 134 g/mol. The van der Waals surface area contributed by atoms with Crippen molar-refractivity contribution in [2.75, 3.05) is 0 Å². The molecule has 0 saturated heterocycles. The lowest BCUT2D eigenvalue weighted by atomic mass is 10.2. The molecule has 0 saturated carbocycles. The van der Waals surface area contributed by atoms with Crippen LogP contribution in [0.3, 0.4) is 0 Å². The van der Waals surface area contributed by atoms with E-state index in [4.69, 9.17) is 0 Å². The average molecular weight is 155 g/mol. The minimum absolute atomic E-state index is 0.603. The molecule has 0 atom stereocenters. The van der Waals surface area contributed by atoms with E-state index in [0.29, 0.717) is 12.1 Å². The van der Waals surface area contributed by atoms with Crippen molar-refractivity contribution >= 4 is 0 Å². The van der Waals surface area contributed by atoms with Crippen molar-refractivity contribution in [3.63, 3.8) is 0 Å². The van der Waals surface area contributed by atoms with Crippen LogP contribution in [0.4, 0.5) is 0 Å².